The van der Waals surface area contributed by atoms with Crippen LogP contribution in [-0.4, -0.2) is 20.1 Å². The van der Waals surface area contributed by atoms with E-state index in [4.69, 9.17) is 9.47 Å². The average molecular weight is 351 g/mol. The maximum atomic E-state index is 13.0. The van der Waals surface area contributed by atoms with E-state index in [2.05, 4.69) is 24.0 Å². The van der Waals surface area contributed by atoms with Gasteiger partial charge in [0.1, 0.15) is 0 Å². The minimum atomic E-state index is -0.1000. The molecule has 1 fully saturated rings. The van der Waals surface area contributed by atoms with Crippen molar-refractivity contribution in [3.63, 3.8) is 0 Å². The Morgan fingerprint density at radius 2 is 1.96 bits per heavy atom. The van der Waals surface area contributed by atoms with Crippen molar-refractivity contribution < 1.29 is 14.3 Å². The molecule has 1 aliphatic rings. The van der Waals surface area contributed by atoms with Crippen molar-refractivity contribution >= 4 is 5.91 Å². The molecule has 1 atom stereocenters. The highest BCUT2D eigenvalue weighted by atomic mass is 16.5. The molecule has 0 heterocycles. The number of methoxy groups -OCH3 is 2. The summed E-state index contributed by atoms with van der Waals surface area (Å²) in [7, 11) is 3.18. The van der Waals surface area contributed by atoms with E-state index in [1.54, 1.807) is 26.4 Å². The van der Waals surface area contributed by atoms with E-state index in [-0.39, 0.29) is 11.9 Å². The molecular formula is C22H25NO3. The molecule has 1 aliphatic carbocycles. The van der Waals surface area contributed by atoms with Gasteiger partial charge in [0.15, 0.2) is 11.5 Å². The Labute approximate surface area is 154 Å². The predicted molar refractivity (Wildman–Crippen MR) is 103 cm³/mol. The van der Waals surface area contributed by atoms with Crippen LogP contribution in [0.1, 0.15) is 40.4 Å². The van der Waals surface area contributed by atoms with Crippen molar-refractivity contribution in [1.82, 2.24) is 5.32 Å². The summed E-state index contributed by atoms with van der Waals surface area (Å²) in [5.41, 5.74) is 2.60. The molecule has 4 nitrogen and oxygen atoms in total. The van der Waals surface area contributed by atoms with Gasteiger partial charge >= 0.3 is 0 Å². The highest BCUT2D eigenvalue weighted by Gasteiger charge is 2.33. The van der Waals surface area contributed by atoms with Gasteiger partial charge in [-0.3, -0.25) is 4.79 Å². The van der Waals surface area contributed by atoms with Crippen LogP contribution < -0.4 is 14.8 Å². The number of ether oxygens (including phenoxy) is 2. The van der Waals surface area contributed by atoms with Crippen LogP contribution in [0.15, 0.2) is 55.1 Å². The summed E-state index contributed by atoms with van der Waals surface area (Å²) in [6, 6.07) is 13.8. The molecule has 2 aromatic rings. The van der Waals surface area contributed by atoms with Crippen molar-refractivity contribution in [3.8, 4) is 11.5 Å². The lowest BCUT2D eigenvalue weighted by Crippen LogP contribution is -2.30. The van der Waals surface area contributed by atoms with Crippen LogP contribution in [0.2, 0.25) is 0 Å². The molecule has 3 rings (SSSR count). The summed E-state index contributed by atoms with van der Waals surface area (Å²) < 4.78 is 10.9. The number of hydrogen-bond donors (Lipinski definition) is 1. The minimum absolute atomic E-state index is 0.0413. The first kappa shape index (κ1) is 18.1. The second-order valence-electron chi connectivity index (χ2n) is 6.56. The smallest absolute Gasteiger partial charge is 0.251 e. The van der Waals surface area contributed by atoms with Gasteiger partial charge in [-0.1, -0.05) is 36.4 Å². The molecular weight excluding hydrogens is 326 g/mol. The highest BCUT2D eigenvalue weighted by Crippen LogP contribution is 2.41. The largest absolute Gasteiger partial charge is 0.493 e. The van der Waals surface area contributed by atoms with E-state index in [1.807, 2.05) is 24.3 Å². The quantitative estimate of drug-likeness (QED) is 0.721. The number of rotatable bonds is 8. The normalized spacial score (nSPS) is 14.4. The number of amides is 1. The first-order valence-corrected chi connectivity index (χ1v) is 8.89. The Morgan fingerprint density at radius 3 is 2.54 bits per heavy atom. The molecule has 0 saturated heterocycles. The molecule has 136 valence electrons. The van der Waals surface area contributed by atoms with Gasteiger partial charge in [0, 0.05) is 11.1 Å². The minimum Gasteiger partial charge on any atom is -0.493 e. The molecule has 26 heavy (non-hydrogen) atoms. The average Bonchev–Trinajstić information content (AvgIpc) is 3.51. The summed E-state index contributed by atoms with van der Waals surface area (Å²) in [4.78, 5) is 13.0. The summed E-state index contributed by atoms with van der Waals surface area (Å²) in [5, 5.41) is 3.21. The standard InChI is InChI=1S/C22H25NO3/c1-4-8-17-13-18(14-19(25-2)21(17)26-3)22(24)23-20(16-11-12-16)15-9-6-5-7-10-15/h4-7,9-10,13-14,16,20H,1,8,11-12H2,2-3H3,(H,23,24). The van der Waals surface area contributed by atoms with E-state index < -0.39 is 0 Å². The molecule has 0 spiro atoms. The van der Waals surface area contributed by atoms with E-state index in [1.165, 1.54) is 0 Å². The molecule has 1 amide bonds. The lowest BCUT2D eigenvalue weighted by molar-refractivity contribution is 0.0931. The van der Waals surface area contributed by atoms with Gasteiger partial charge in [-0.25, -0.2) is 0 Å². The second-order valence-corrected chi connectivity index (χ2v) is 6.56. The monoisotopic (exact) mass is 351 g/mol. The van der Waals surface area contributed by atoms with Crippen LogP contribution in [0, 0.1) is 5.92 Å². The van der Waals surface area contributed by atoms with Gasteiger partial charge < -0.3 is 14.8 Å². The first-order chi connectivity index (χ1) is 12.7. The van der Waals surface area contributed by atoms with Gasteiger partial charge in [-0.15, -0.1) is 6.58 Å². The molecule has 0 radical (unpaired) electrons. The maximum Gasteiger partial charge on any atom is 0.251 e. The lowest BCUT2D eigenvalue weighted by Gasteiger charge is -2.20. The fourth-order valence-electron chi connectivity index (χ4n) is 3.27. The van der Waals surface area contributed by atoms with Crippen LogP contribution in [0.25, 0.3) is 0 Å². The van der Waals surface area contributed by atoms with E-state index in [0.29, 0.717) is 29.4 Å². The zero-order valence-corrected chi connectivity index (χ0v) is 15.3. The Hall–Kier alpha value is -2.75. The van der Waals surface area contributed by atoms with Gasteiger partial charge in [0.25, 0.3) is 5.91 Å². The Balaban J connectivity index is 1.89. The van der Waals surface area contributed by atoms with E-state index >= 15 is 0 Å². The third-order valence-electron chi connectivity index (χ3n) is 4.72. The summed E-state index contributed by atoms with van der Waals surface area (Å²) in [5.74, 6) is 1.61. The zero-order chi connectivity index (χ0) is 18.5. The molecule has 0 aromatic heterocycles. The van der Waals surface area contributed by atoms with Crippen LogP contribution in [0.3, 0.4) is 0 Å². The first-order valence-electron chi connectivity index (χ1n) is 8.89. The summed E-state index contributed by atoms with van der Waals surface area (Å²) in [6.07, 6.45) is 4.68. The van der Waals surface area contributed by atoms with Crippen LogP contribution in [0.4, 0.5) is 0 Å². The molecule has 2 aromatic carbocycles. The third kappa shape index (κ3) is 3.90. The van der Waals surface area contributed by atoms with E-state index in [9.17, 15) is 4.79 Å². The zero-order valence-electron chi connectivity index (χ0n) is 15.3. The van der Waals surface area contributed by atoms with Gasteiger partial charge in [-0.2, -0.15) is 0 Å². The SMILES string of the molecule is C=CCc1cc(C(=O)NC(c2ccccc2)C2CC2)cc(OC)c1OC. The van der Waals surface area contributed by atoms with Crippen LogP contribution >= 0.6 is 0 Å². The molecule has 0 aliphatic heterocycles. The van der Waals surface area contributed by atoms with Crippen LogP contribution in [-0.2, 0) is 6.42 Å². The molecule has 0 bridgehead atoms. The van der Waals surface area contributed by atoms with Crippen molar-refractivity contribution in [3.05, 3.63) is 71.8 Å². The molecule has 1 unspecified atom stereocenters. The van der Waals surface area contributed by atoms with Crippen molar-refractivity contribution in [2.45, 2.75) is 25.3 Å². The number of hydrogen-bond acceptors (Lipinski definition) is 3. The number of carbonyl (C=O) groups excluding carboxylic acids is 1. The van der Waals surface area contributed by atoms with Gasteiger partial charge in [0.05, 0.1) is 20.3 Å². The Bertz CT molecular complexity index is 781. The number of nitrogens with one attached hydrogen (secondary N) is 1. The highest BCUT2D eigenvalue weighted by molar-refractivity contribution is 5.95. The summed E-state index contributed by atoms with van der Waals surface area (Å²) in [6.45, 7) is 3.78. The van der Waals surface area contributed by atoms with Gasteiger partial charge in [-0.05, 0) is 42.9 Å². The van der Waals surface area contributed by atoms with E-state index in [0.717, 1.165) is 24.0 Å². The second kappa shape index (κ2) is 8.09. The lowest BCUT2D eigenvalue weighted by atomic mass is 10.0. The van der Waals surface area contributed by atoms with Crippen molar-refractivity contribution in [2.24, 2.45) is 5.92 Å². The summed E-state index contributed by atoms with van der Waals surface area (Å²) >= 11 is 0. The fraction of sp³-hybridized carbons (Fsp3) is 0.318. The number of allylic oxidation sites excluding steroid dienone is 1. The van der Waals surface area contributed by atoms with Crippen LogP contribution in [0.5, 0.6) is 11.5 Å². The Kier molecular flexibility index (Phi) is 5.61. The molecule has 1 N–H and O–H groups in total. The van der Waals surface area contributed by atoms with Crippen molar-refractivity contribution in [1.29, 1.82) is 0 Å². The number of benzene rings is 2. The third-order valence-corrected chi connectivity index (χ3v) is 4.72. The van der Waals surface area contributed by atoms with Crippen molar-refractivity contribution in [2.75, 3.05) is 14.2 Å². The molecule has 1 saturated carbocycles. The van der Waals surface area contributed by atoms with Gasteiger partial charge in [0.2, 0.25) is 0 Å². The topological polar surface area (TPSA) is 47.6 Å². The Morgan fingerprint density at radius 1 is 1.23 bits per heavy atom. The number of carbonyl (C=O) groups is 1. The fourth-order valence-corrected chi connectivity index (χ4v) is 3.27. The predicted octanol–water partition coefficient (Wildman–Crippen LogP) is 4.31. The maximum absolute atomic E-state index is 13.0. The molecule has 4 heteroatoms.